The number of nitrogens with zero attached hydrogens (tertiary/aromatic N) is 4. The predicted molar refractivity (Wildman–Crippen MR) is 72.7 cm³/mol. The monoisotopic (exact) mass is 258 g/mol. The summed E-state index contributed by atoms with van der Waals surface area (Å²) in [6, 6.07) is 0. The quantitative estimate of drug-likeness (QED) is 0.649. The van der Waals surface area contributed by atoms with Crippen molar-refractivity contribution in [3.05, 3.63) is 0 Å². The number of guanidine groups is 1. The van der Waals surface area contributed by atoms with Crippen LogP contribution in [-0.2, 0) is 4.74 Å². The Hall–Kier alpha value is -0.890. The zero-order valence-corrected chi connectivity index (χ0v) is 12.5. The Morgan fingerprint density at radius 1 is 1.44 bits per heavy atom. The smallest absolute Gasteiger partial charge is 0.196 e. The molecule has 18 heavy (non-hydrogen) atoms. The average Bonchev–Trinajstić information content (AvgIpc) is 2.34. The van der Waals surface area contributed by atoms with Gasteiger partial charge in [-0.15, -0.1) is 0 Å². The summed E-state index contributed by atoms with van der Waals surface area (Å²) < 4.78 is 5.23. The van der Waals surface area contributed by atoms with Crippen molar-refractivity contribution in [2.45, 2.75) is 25.4 Å². The molecule has 106 valence electrons. The van der Waals surface area contributed by atoms with E-state index in [1.54, 1.807) is 7.11 Å². The van der Waals surface area contributed by atoms with Crippen LogP contribution in [0.1, 0.15) is 13.8 Å². The van der Waals surface area contributed by atoms with Crippen molar-refractivity contribution in [3.8, 4) is 0 Å². The molecule has 0 aliphatic carbocycles. The Bertz CT molecular complexity index is 335. The van der Waals surface area contributed by atoms with Gasteiger partial charge in [0.1, 0.15) is 6.73 Å². The van der Waals surface area contributed by atoms with E-state index >= 15 is 0 Å². The lowest BCUT2D eigenvalue weighted by Gasteiger charge is -2.58. The van der Waals surface area contributed by atoms with E-state index in [0.29, 0.717) is 12.7 Å². The molecule has 0 aromatic carbocycles. The van der Waals surface area contributed by atoms with Gasteiger partial charge in [0.2, 0.25) is 0 Å². The van der Waals surface area contributed by atoms with Crippen molar-refractivity contribution >= 4 is 5.96 Å². The maximum atomic E-state index is 6.04. The zero-order valence-electron chi connectivity index (χ0n) is 12.5. The third kappa shape index (κ3) is 2.07. The van der Waals surface area contributed by atoms with Crippen LogP contribution in [0.4, 0.5) is 0 Å². The molecule has 0 amide bonds. The van der Waals surface area contributed by atoms with Gasteiger partial charge in [-0.25, -0.2) is 14.8 Å². The molecule has 7 nitrogen and oxygen atoms in total. The fourth-order valence-corrected chi connectivity index (χ4v) is 2.28. The van der Waals surface area contributed by atoms with Crippen molar-refractivity contribution < 1.29 is 4.74 Å². The molecule has 1 aliphatic rings. The van der Waals surface area contributed by atoms with Crippen molar-refractivity contribution in [2.75, 3.05) is 42.0 Å². The third-order valence-electron chi connectivity index (χ3n) is 4.12. The van der Waals surface area contributed by atoms with Crippen LogP contribution in [0.25, 0.3) is 0 Å². The molecule has 0 aromatic heterocycles. The summed E-state index contributed by atoms with van der Waals surface area (Å²) in [7, 11) is 9.48. The normalized spacial score (nSPS) is 34.0. The molecular formula is C11H26N6O. The fourth-order valence-electron chi connectivity index (χ4n) is 2.28. The van der Waals surface area contributed by atoms with Gasteiger partial charge in [-0.2, -0.15) is 0 Å². The summed E-state index contributed by atoms with van der Waals surface area (Å²) in [4.78, 5) is 10.6. The molecule has 3 N–H and O–H groups in total. The molecule has 1 rings (SSSR count). The van der Waals surface area contributed by atoms with E-state index < -0.39 is 11.6 Å². The third-order valence-corrected chi connectivity index (χ3v) is 4.12. The molecular weight excluding hydrogens is 232 g/mol. The summed E-state index contributed by atoms with van der Waals surface area (Å²) in [6.45, 7) is 4.58. The van der Waals surface area contributed by atoms with Gasteiger partial charge in [0.15, 0.2) is 17.5 Å². The maximum Gasteiger partial charge on any atom is 0.196 e. The van der Waals surface area contributed by atoms with Crippen LogP contribution in [0.3, 0.4) is 0 Å². The molecule has 0 aromatic rings. The number of hydrogen-bond acceptors (Lipinski definition) is 7. The van der Waals surface area contributed by atoms with E-state index in [0.717, 1.165) is 0 Å². The van der Waals surface area contributed by atoms with Crippen molar-refractivity contribution in [2.24, 2.45) is 10.7 Å². The van der Waals surface area contributed by atoms with Gasteiger partial charge in [0.05, 0.1) is 0 Å². The molecule has 7 heteroatoms. The van der Waals surface area contributed by atoms with Crippen molar-refractivity contribution in [3.63, 3.8) is 0 Å². The minimum absolute atomic E-state index is 0.431. The summed E-state index contributed by atoms with van der Waals surface area (Å²) >= 11 is 0. The van der Waals surface area contributed by atoms with Gasteiger partial charge in [0, 0.05) is 14.2 Å². The molecule has 1 heterocycles. The van der Waals surface area contributed by atoms with E-state index in [1.807, 2.05) is 40.0 Å². The predicted octanol–water partition coefficient (Wildman–Crippen LogP) is -0.719. The van der Waals surface area contributed by atoms with E-state index in [9.17, 15) is 0 Å². The maximum absolute atomic E-state index is 6.04. The molecule has 0 fully saturated rings. The number of nitrogens with one attached hydrogen (secondary N) is 1. The van der Waals surface area contributed by atoms with Gasteiger partial charge in [-0.05, 0) is 35.0 Å². The highest BCUT2D eigenvalue weighted by Gasteiger charge is 2.50. The highest BCUT2D eigenvalue weighted by atomic mass is 16.5. The number of aliphatic imine (C=N–C) groups is 1. The Labute approximate surface area is 110 Å². The van der Waals surface area contributed by atoms with Gasteiger partial charge in [-0.3, -0.25) is 5.32 Å². The van der Waals surface area contributed by atoms with Crippen LogP contribution in [0.5, 0.6) is 0 Å². The first-order chi connectivity index (χ1) is 8.24. The van der Waals surface area contributed by atoms with Gasteiger partial charge >= 0.3 is 0 Å². The van der Waals surface area contributed by atoms with E-state index in [4.69, 9.17) is 10.5 Å². The first kappa shape index (κ1) is 15.2. The number of ether oxygens (including phenoxy) is 1. The number of hydrogen-bond donors (Lipinski definition) is 2. The van der Waals surface area contributed by atoms with Crippen LogP contribution in [0.2, 0.25) is 0 Å². The number of rotatable bonds is 4. The van der Waals surface area contributed by atoms with E-state index in [1.165, 1.54) is 0 Å². The van der Waals surface area contributed by atoms with Crippen molar-refractivity contribution in [1.82, 2.24) is 20.0 Å². The second kappa shape index (κ2) is 5.00. The molecule has 2 unspecified atom stereocenters. The molecule has 0 radical (unpaired) electrons. The standard InChI is InChI=1S/C11H26N6O/c1-10(13-3)14-9(12)16(5)11(2,17(10)6)15(4)8-18-7/h13H,8H2,1-7H3,(H2,12,14). The summed E-state index contributed by atoms with van der Waals surface area (Å²) in [5.41, 5.74) is 6.04. The van der Waals surface area contributed by atoms with Crippen LogP contribution < -0.4 is 11.1 Å². The second-order valence-corrected chi connectivity index (χ2v) is 4.95. The summed E-state index contributed by atoms with van der Waals surface area (Å²) in [6.07, 6.45) is 0. The summed E-state index contributed by atoms with van der Waals surface area (Å²) in [5.74, 6) is -0.483. The fraction of sp³-hybridized carbons (Fsp3) is 0.909. The lowest BCUT2D eigenvalue weighted by molar-refractivity contribution is -0.180. The molecule has 0 saturated carbocycles. The SMILES string of the molecule is CNC1(C)N=C(N)N(C)C(C)(N(C)COC)N1C. The number of nitrogens with two attached hydrogens (primary N) is 1. The van der Waals surface area contributed by atoms with Crippen LogP contribution in [0, 0.1) is 0 Å². The highest BCUT2D eigenvalue weighted by molar-refractivity contribution is 5.79. The highest BCUT2D eigenvalue weighted by Crippen LogP contribution is 2.31. The summed E-state index contributed by atoms with van der Waals surface area (Å²) in [5, 5.41) is 3.20. The Kier molecular flexibility index (Phi) is 4.22. The minimum Gasteiger partial charge on any atom is -0.370 e. The van der Waals surface area contributed by atoms with Crippen LogP contribution in [0.15, 0.2) is 4.99 Å². The Morgan fingerprint density at radius 3 is 2.44 bits per heavy atom. The lowest BCUT2D eigenvalue weighted by atomic mass is 10.2. The Balaban J connectivity index is 3.22. The number of methoxy groups -OCH3 is 1. The molecule has 0 spiro atoms. The second-order valence-electron chi connectivity index (χ2n) is 4.95. The molecule has 0 saturated heterocycles. The van der Waals surface area contributed by atoms with Crippen molar-refractivity contribution in [1.29, 1.82) is 0 Å². The van der Waals surface area contributed by atoms with Gasteiger partial charge < -0.3 is 15.4 Å². The van der Waals surface area contributed by atoms with Crippen LogP contribution in [-0.4, -0.2) is 74.3 Å². The minimum atomic E-state index is -0.548. The molecule has 2 atom stereocenters. The molecule has 0 bridgehead atoms. The first-order valence-corrected chi connectivity index (χ1v) is 5.96. The molecule has 1 aliphatic heterocycles. The average molecular weight is 258 g/mol. The Morgan fingerprint density at radius 2 is 2.00 bits per heavy atom. The zero-order chi connectivity index (χ0) is 14.1. The van der Waals surface area contributed by atoms with Gasteiger partial charge in [0.25, 0.3) is 0 Å². The largest absolute Gasteiger partial charge is 0.370 e. The van der Waals surface area contributed by atoms with Crippen LogP contribution >= 0.6 is 0 Å². The topological polar surface area (TPSA) is 69.4 Å². The van der Waals surface area contributed by atoms with E-state index in [-0.39, 0.29) is 0 Å². The van der Waals surface area contributed by atoms with E-state index in [2.05, 4.69) is 27.0 Å². The lowest BCUT2D eigenvalue weighted by Crippen LogP contribution is -2.77. The van der Waals surface area contributed by atoms with Gasteiger partial charge in [-0.1, -0.05) is 0 Å². The first-order valence-electron chi connectivity index (χ1n) is 5.96.